The van der Waals surface area contributed by atoms with E-state index in [1.54, 1.807) is 0 Å². The number of nitrogens with two attached hydrogens (primary N) is 1. The molecule has 7 rings (SSSR count). The molecule has 19 nitrogen and oxygen atoms in total. The maximum absolute atomic E-state index is 11.2. The minimum absolute atomic E-state index is 0.166. The van der Waals surface area contributed by atoms with Crippen LogP contribution in [0.1, 0.15) is 39.0 Å². The number of nitrogens with zero attached hydrogens (tertiary/aromatic N) is 1. The Hall–Kier alpha value is -1.22. The van der Waals surface area contributed by atoms with Crippen molar-refractivity contribution in [1.29, 1.82) is 0 Å². The summed E-state index contributed by atoms with van der Waals surface area (Å²) in [6.07, 6.45) is -12.7. The molecule has 54 heavy (non-hydrogen) atoms. The molecule has 0 aliphatic carbocycles. The van der Waals surface area contributed by atoms with Crippen molar-refractivity contribution in [3.05, 3.63) is 0 Å². The molecule has 0 radical (unpaired) electrons. The topological polar surface area (TPSA) is 285 Å². The summed E-state index contributed by atoms with van der Waals surface area (Å²) < 4.78 is 28.9. The van der Waals surface area contributed by atoms with E-state index in [1.807, 2.05) is 6.92 Å². The van der Waals surface area contributed by atoms with Gasteiger partial charge in [0.25, 0.3) is 0 Å². The maximum Gasteiger partial charge on any atom is 0.186 e. The first-order valence-corrected chi connectivity index (χ1v) is 19.8. The second-order valence-corrected chi connectivity index (χ2v) is 15.1. The van der Waals surface area contributed by atoms with Crippen LogP contribution in [-0.2, 0) is 23.7 Å². The molecule has 4 bridgehead atoms. The fourth-order valence-corrected chi connectivity index (χ4v) is 7.80. The lowest BCUT2D eigenvalue weighted by Gasteiger charge is -2.47. The zero-order valence-electron chi connectivity index (χ0n) is 30.7. The smallest absolute Gasteiger partial charge is 0.186 e. The van der Waals surface area contributed by atoms with E-state index in [4.69, 9.17) is 53.9 Å². The monoisotopic (exact) mass is 814 g/mol. The van der Waals surface area contributed by atoms with E-state index in [0.29, 0.717) is 75.2 Å². The van der Waals surface area contributed by atoms with E-state index < -0.39 is 92.4 Å². The van der Waals surface area contributed by atoms with Crippen LogP contribution < -0.4 is 27.0 Å². The van der Waals surface area contributed by atoms with E-state index in [-0.39, 0.29) is 25.6 Å². The maximum atomic E-state index is 11.2. The molecule has 7 aliphatic rings. The van der Waals surface area contributed by atoms with Gasteiger partial charge in [0.15, 0.2) is 29.1 Å². The predicted molar refractivity (Wildman–Crippen MR) is 201 cm³/mol. The van der Waals surface area contributed by atoms with Gasteiger partial charge in [-0.05, 0) is 43.7 Å². The molecule has 7 fully saturated rings. The van der Waals surface area contributed by atoms with E-state index in [1.165, 1.54) is 0 Å². The molecule has 7 saturated heterocycles. The number of rotatable bonds is 15. The van der Waals surface area contributed by atoms with Crippen molar-refractivity contribution in [2.24, 2.45) is 17.6 Å². The number of aliphatic hydroxyl groups is 8. The summed E-state index contributed by atoms with van der Waals surface area (Å²) in [6.45, 7) is 5.29. The molecule has 21 heteroatoms. The van der Waals surface area contributed by atoms with Gasteiger partial charge in [-0.1, -0.05) is 19.8 Å². The summed E-state index contributed by atoms with van der Waals surface area (Å²) in [5.41, 5.74) is 5.86. The molecule has 7 aliphatic heterocycles. The van der Waals surface area contributed by atoms with Crippen LogP contribution in [0.3, 0.4) is 0 Å². The Kier molecular flexibility index (Phi) is 19.1. The Balaban J connectivity index is 1.22. The normalized spacial score (nSPS) is 38.8. The zero-order valence-corrected chi connectivity index (χ0v) is 32.4. The number of aliphatic hydroxyl groups excluding tert-OH is 8. The number of ether oxygens (including phenoxy) is 5. The van der Waals surface area contributed by atoms with Crippen molar-refractivity contribution in [1.82, 2.24) is 26.2 Å². The van der Waals surface area contributed by atoms with Gasteiger partial charge in [-0.25, -0.2) is 0 Å². The van der Waals surface area contributed by atoms with Gasteiger partial charge >= 0.3 is 0 Å². The van der Waals surface area contributed by atoms with Gasteiger partial charge in [-0.15, -0.1) is 0 Å². The predicted octanol–water partition coefficient (Wildman–Crippen LogP) is -4.88. The molecule has 7 heterocycles. The lowest BCUT2D eigenvalue weighted by molar-refractivity contribution is -0.355. The fourth-order valence-electron chi connectivity index (χ4n) is 7.43. The highest BCUT2D eigenvalue weighted by Crippen LogP contribution is 2.34. The van der Waals surface area contributed by atoms with Crippen molar-refractivity contribution < 1.29 is 64.5 Å². The van der Waals surface area contributed by atoms with Crippen molar-refractivity contribution in [2.75, 3.05) is 65.6 Å². The zero-order chi connectivity index (χ0) is 39.4. The molecule has 0 spiro atoms. The lowest BCUT2D eigenvalue weighted by atomic mass is 9.84. The van der Waals surface area contributed by atoms with Gasteiger partial charge in [0.05, 0.1) is 31.0 Å². The summed E-state index contributed by atoms with van der Waals surface area (Å²) in [5.74, 6) is -0.836. The lowest BCUT2D eigenvalue weighted by Crippen LogP contribution is -2.64. The second kappa shape index (κ2) is 22.6. The molecule has 0 amide bonds. The molecule has 14 N–H and O–H groups in total. The van der Waals surface area contributed by atoms with Crippen LogP contribution in [0.4, 0.5) is 0 Å². The molecule has 0 aromatic rings. The van der Waals surface area contributed by atoms with Crippen LogP contribution in [0.5, 0.6) is 0 Å². The summed E-state index contributed by atoms with van der Waals surface area (Å²) in [6, 6.07) is 0. The standard InChI is InChI=1S/C33H62N6O13S2/c1-2-5-17-19(49-29(47)25(44)22(17)41)14-37-32(53)35-8-11-39(10-7-34)12-9-36-33(54)38-15-20-18-6-3-4-13-48-30-27(46)24(43)28(21(16-40)51-30)52-31(50-20)26(45)23(18)42/h17-31,40-47H,2-16,34H2,1H3,(H2,35,37,53)(H2,36,38,54)/t17?,18?,19?,20?,21?,22-,23-,24+,25?,26?,27?,28?,29+,30+,31-/m1/s1. The quantitative estimate of drug-likeness (QED) is 0.0690. The van der Waals surface area contributed by atoms with E-state index in [0.717, 1.165) is 6.42 Å². The summed E-state index contributed by atoms with van der Waals surface area (Å²) in [5, 5.41) is 97.1. The molecular formula is C33H62N6O13S2. The first-order chi connectivity index (χ1) is 25.9. The largest absolute Gasteiger partial charge is 0.394 e. The molecule has 0 aromatic heterocycles. The summed E-state index contributed by atoms with van der Waals surface area (Å²) in [7, 11) is 0. The Morgan fingerprint density at radius 3 is 1.96 bits per heavy atom. The van der Waals surface area contributed by atoms with Crippen LogP contribution in [0.2, 0.25) is 0 Å². The summed E-state index contributed by atoms with van der Waals surface area (Å²) >= 11 is 11.0. The minimum atomic E-state index is -1.52. The van der Waals surface area contributed by atoms with Crippen LogP contribution in [0.25, 0.3) is 0 Å². The number of thiocarbonyl (C=S) groups is 2. The molecule has 314 valence electrons. The van der Waals surface area contributed by atoms with Gasteiger partial charge in [0.1, 0.15) is 36.6 Å². The average Bonchev–Trinajstić information content (AvgIpc) is 3.15. The Labute approximate surface area is 326 Å². The van der Waals surface area contributed by atoms with Crippen LogP contribution in [0.15, 0.2) is 0 Å². The van der Waals surface area contributed by atoms with Gasteiger partial charge in [-0.3, -0.25) is 4.90 Å². The Morgan fingerprint density at radius 2 is 1.33 bits per heavy atom. The first kappa shape index (κ1) is 45.5. The molecule has 0 aromatic carbocycles. The highest BCUT2D eigenvalue weighted by atomic mass is 32.1. The highest BCUT2D eigenvalue weighted by molar-refractivity contribution is 7.80. The average molecular weight is 815 g/mol. The van der Waals surface area contributed by atoms with Crippen LogP contribution >= 0.6 is 24.4 Å². The molecule has 15 atom stereocenters. The summed E-state index contributed by atoms with van der Waals surface area (Å²) in [4.78, 5) is 2.13. The van der Waals surface area contributed by atoms with Gasteiger partial charge in [-0.2, -0.15) is 0 Å². The highest BCUT2D eigenvalue weighted by Gasteiger charge is 2.51. The molecular weight excluding hydrogens is 753 g/mol. The van der Waals surface area contributed by atoms with Crippen LogP contribution in [0, 0.1) is 11.8 Å². The number of hydrogen-bond donors (Lipinski definition) is 13. The van der Waals surface area contributed by atoms with Gasteiger partial charge in [0, 0.05) is 70.8 Å². The molecule has 9 unspecified atom stereocenters. The van der Waals surface area contributed by atoms with Gasteiger partial charge in [0.2, 0.25) is 0 Å². The number of nitrogens with one attached hydrogen (secondary N) is 4. The fraction of sp³-hybridized carbons (Fsp3) is 0.939. The molecule has 0 saturated carbocycles. The van der Waals surface area contributed by atoms with E-state index >= 15 is 0 Å². The van der Waals surface area contributed by atoms with Crippen molar-refractivity contribution >= 4 is 34.7 Å². The van der Waals surface area contributed by atoms with Crippen molar-refractivity contribution in [3.63, 3.8) is 0 Å². The first-order valence-electron chi connectivity index (χ1n) is 19.0. The Morgan fingerprint density at radius 1 is 0.704 bits per heavy atom. The third-order valence-electron chi connectivity index (χ3n) is 10.5. The third kappa shape index (κ3) is 12.4. The number of hydrogen-bond acceptors (Lipinski definition) is 17. The third-order valence-corrected chi connectivity index (χ3v) is 11.1. The minimum Gasteiger partial charge on any atom is -0.394 e. The second-order valence-electron chi connectivity index (χ2n) is 14.3. The van der Waals surface area contributed by atoms with Crippen molar-refractivity contribution in [3.8, 4) is 0 Å². The van der Waals surface area contributed by atoms with Crippen molar-refractivity contribution in [2.45, 2.75) is 119 Å². The SMILES string of the molecule is CCCC1C(CNC(=S)NCCN(CCN)CCNC(=S)NCC2O[C@@H]3OC4C(CO)O[C@H](OCCCCC2[C@@H](O)C3O)C(O)[C@@H]4O)O[C@H](O)C(O)[C@@H]1O. The van der Waals surface area contributed by atoms with Gasteiger partial charge < -0.3 is 91.5 Å². The van der Waals surface area contributed by atoms with E-state index in [9.17, 15) is 40.9 Å². The van der Waals surface area contributed by atoms with E-state index in [2.05, 4.69) is 26.2 Å². The Bertz CT molecular complexity index is 1140. The van der Waals surface area contributed by atoms with Crippen LogP contribution in [-0.4, -0.2) is 201 Å².